The minimum Gasteiger partial charge on any atom is -0.462 e. The molecular weight excluding hydrogens is 242 g/mol. The Balaban J connectivity index is 2.85. The van der Waals surface area contributed by atoms with E-state index in [-0.39, 0.29) is 6.04 Å². The molecule has 0 aliphatic heterocycles. The van der Waals surface area contributed by atoms with Crippen molar-refractivity contribution in [2.75, 3.05) is 17.7 Å². The topological polar surface area (TPSA) is 77.2 Å². The van der Waals surface area contributed by atoms with Crippen LogP contribution in [0.4, 0.5) is 11.5 Å². The van der Waals surface area contributed by atoms with E-state index in [0.717, 1.165) is 6.42 Å². The van der Waals surface area contributed by atoms with Crippen molar-refractivity contribution in [3.8, 4) is 0 Å². The van der Waals surface area contributed by atoms with E-state index in [2.05, 4.69) is 31.1 Å². The van der Waals surface area contributed by atoms with Gasteiger partial charge in [-0.25, -0.2) is 9.78 Å². The third-order valence-electron chi connectivity index (χ3n) is 2.69. The number of esters is 1. The fourth-order valence-electron chi connectivity index (χ4n) is 1.97. The van der Waals surface area contributed by atoms with Crippen LogP contribution >= 0.6 is 0 Å². The Morgan fingerprint density at radius 1 is 1.47 bits per heavy atom. The summed E-state index contributed by atoms with van der Waals surface area (Å²) in [6.45, 7) is 8.47. The van der Waals surface area contributed by atoms with E-state index in [1.54, 1.807) is 19.2 Å². The summed E-state index contributed by atoms with van der Waals surface area (Å²) in [6.07, 6.45) is 2.57. The summed E-state index contributed by atoms with van der Waals surface area (Å²) in [5.74, 6) is 0.706. The van der Waals surface area contributed by atoms with Crippen LogP contribution in [-0.4, -0.2) is 23.6 Å². The maximum atomic E-state index is 11.7. The van der Waals surface area contributed by atoms with Gasteiger partial charge in [-0.2, -0.15) is 0 Å². The van der Waals surface area contributed by atoms with Crippen LogP contribution in [0, 0.1) is 5.92 Å². The van der Waals surface area contributed by atoms with Gasteiger partial charge in [0.2, 0.25) is 0 Å². The molecule has 0 fully saturated rings. The predicted octanol–water partition coefficient (Wildman–Crippen LogP) is 2.69. The first-order valence-corrected chi connectivity index (χ1v) is 6.63. The second-order valence-corrected chi connectivity index (χ2v) is 5.02. The number of rotatable bonds is 6. The zero-order valence-corrected chi connectivity index (χ0v) is 12.1. The summed E-state index contributed by atoms with van der Waals surface area (Å²) in [5.41, 5.74) is 6.67. The van der Waals surface area contributed by atoms with Crippen LogP contribution in [0.2, 0.25) is 0 Å². The number of ether oxygens (including phenoxy) is 1. The van der Waals surface area contributed by atoms with Crippen LogP contribution in [0.1, 0.15) is 44.5 Å². The van der Waals surface area contributed by atoms with Gasteiger partial charge in [0.15, 0.2) is 0 Å². The molecule has 19 heavy (non-hydrogen) atoms. The van der Waals surface area contributed by atoms with Crippen LogP contribution in [0.5, 0.6) is 0 Å². The first-order valence-electron chi connectivity index (χ1n) is 6.63. The molecule has 0 aliphatic carbocycles. The monoisotopic (exact) mass is 265 g/mol. The largest absolute Gasteiger partial charge is 0.462 e. The minimum atomic E-state index is -0.415. The number of nitrogens with one attached hydrogen (secondary N) is 1. The summed E-state index contributed by atoms with van der Waals surface area (Å²) in [6, 6.07) is 1.82. The Morgan fingerprint density at radius 3 is 2.74 bits per heavy atom. The zero-order chi connectivity index (χ0) is 14.4. The van der Waals surface area contributed by atoms with Crippen LogP contribution in [-0.2, 0) is 4.74 Å². The van der Waals surface area contributed by atoms with Crippen molar-refractivity contribution in [3.05, 3.63) is 17.8 Å². The van der Waals surface area contributed by atoms with E-state index in [1.807, 2.05) is 0 Å². The van der Waals surface area contributed by atoms with Crippen molar-refractivity contribution < 1.29 is 9.53 Å². The molecule has 0 bridgehead atoms. The minimum absolute atomic E-state index is 0.243. The van der Waals surface area contributed by atoms with Gasteiger partial charge < -0.3 is 15.8 Å². The predicted molar refractivity (Wildman–Crippen MR) is 77.1 cm³/mol. The molecule has 1 aromatic heterocycles. The van der Waals surface area contributed by atoms with E-state index in [1.165, 1.54) is 0 Å². The lowest BCUT2D eigenvalue weighted by atomic mass is 10.1. The normalized spacial score (nSPS) is 12.3. The maximum Gasteiger partial charge on any atom is 0.340 e. The second kappa shape index (κ2) is 6.97. The highest BCUT2D eigenvalue weighted by atomic mass is 16.5. The number of aromatic nitrogens is 1. The molecular formula is C14H23N3O2. The number of hydrogen-bond acceptors (Lipinski definition) is 5. The average molecular weight is 265 g/mol. The fraction of sp³-hybridized carbons (Fsp3) is 0.571. The van der Waals surface area contributed by atoms with Gasteiger partial charge in [-0.1, -0.05) is 13.8 Å². The molecule has 0 aromatic carbocycles. The van der Waals surface area contributed by atoms with Gasteiger partial charge >= 0.3 is 5.97 Å². The number of carbonyl (C=O) groups is 1. The van der Waals surface area contributed by atoms with Crippen molar-refractivity contribution >= 4 is 17.5 Å². The molecule has 5 heteroatoms. The number of carbonyl (C=O) groups excluding carboxylic acids is 1. The van der Waals surface area contributed by atoms with Gasteiger partial charge in [0, 0.05) is 12.2 Å². The van der Waals surface area contributed by atoms with E-state index in [0.29, 0.717) is 29.6 Å². The molecule has 1 heterocycles. The van der Waals surface area contributed by atoms with Crippen molar-refractivity contribution in [1.29, 1.82) is 0 Å². The molecule has 5 nitrogen and oxygen atoms in total. The summed E-state index contributed by atoms with van der Waals surface area (Å²) in [7, 11) is 0. The smallest absolute Gasteiger partial charge is 0.340 e. The molecule has 0 saturated carbocycles. The van der Waals surface area contributed by atoms with Crippen LogP contribution in [0.15, 0.2) is 12.3 Å². The highest BCUT2D eigenvalue weighted by molar-refractivity contribution is 5.97. The maximum absolute atomic E-state index is 11.7. The van der Waals surface area contributed by atoms with Crippen molar-refractivity contribution in [2.24, 2.45) is 5.92 Å². The Hall–Kier alpha value is -1.78. The first kappa shape index (κ1) is 15.3. The molecule has 3 N–H and O–H groups in total. The molecule has 106 valence electrons. The highest BCUT2D eigenvalue weighted by Gasteiger charge is 2.15. The standard InChI is InChI=1S/C14H23N3O2/c1-5-19-14(18)11-6-7-16-13(12(11)15)17-10(4)8-9(2)3/h6-7,9-10H,5,8,15H2,1-4H3,(H,16,17). The van der Waals surface area contributed by atoms with E-state index < -0.39 is 5.97 Å². The summed E-state index contributed by atoms with van der Waals surface area (Å²) in [4.78, 5) is 15.9. The number of anilines is 2. The van der Waals surface area contributed by atoms with E-state index >= 15 is 0 Å². The molecule has 1 rings (SSSR count). The Kier molecular flexibility index (Phi) is 5.60. The lowest BCUT2D eigenvalue weighted by Crippen LogP contribution is -2.20. The third kappa shape index (κ3) is 4.43. The number of nitrogens with zero attached hydrogens (tertiary/aromatic N) is 1. The molecule has 1 aromatic rings. The van der Waals surface area contributed by atoms with Gasteiger partial charge in [-0.3, -0.25) is 0 Å². The Bertz CT molecular complexity index is 433. The Morgan fingerprint density at radius 2 is 2.16 bits per heavy atom. The molecule has 0 radical (unpaired) electrons. The molecule has 1 unspecified atom stereocenters. The Labute approximate surface area is 114 Å². The van der Waals surface area contributed by atoms with E-state index in [9.17, 15) is 4.79 Å². The first-order chi connectivity index (χ1) is 8.95. The third-order valence-corrected chi connectivity index (χ3v) is 2.69. The summed E-state index contributed by atoms with van der Waals surface area (Å²) < 4.78 is 4.96. The second-order valence-electron chi connectivity index (χ2n) is 5.02. The fourth-order valence-corrected chi connectivity index (χ4v) is 1.97. The number of nitrogens with two attached hydrogens (primary N) is 1. The number of pyridine rings is 1. The average Bonchev–Trinajstić information content (AvgIpc) is 2.31. The van der Waals surface area contributed by atoms with Gasteiger partial charge in [-0.05, 0) is 32.3 Å². The van der Waals surface area contributed by atoms with Crippen molar-refractivity contribution in [2.45, 2.75) is 40.2 Å². The molecule has 0 aliphatic rings. The van der Waals surface area contributed by atoms with E-state index in [4.69, 9.17) is 10.5 Å². The van der Waals surface area contributed by atoms with Crippen LogP contribution < -0.4 is 11.1 Å². The lowest BCUT2D eigenvalue weighted by Gasteiger charge is -2.18. The van der Waals surface area contributed by atoms with Crippen molar-refractivity contribution in [3.63, 3.8) is 0 Å². The van der Waals surface area contributed by atoms with Crippen molar-refractivity contribution in [1.82, 2.24) is 4.98 Å². The molecule has 0 spiro atoms. The quantitative estimate of drug-likeness (QED) is 0.773. The summed E-state index contributed by atoms with van der Waals surface area (Å²) >= 11 is 0. The zero-order valence-electron chi connectivity index (χ0n) is 12.1. The van der Waals surface area contributed by atoms with Gasteiger partial charge in [0.25, 0.3) is 0 Å². The molecule has 0 saturated heterocycles. The SMILES string of the molecule is CCOC(=O)c1ccnc(NC(C)CC(C)C)c1N. The number of nitrogen functional groups attached to an aromatic ring is 1. The van der Waals surface area contributed by atoms with Gasteiger partial charge in [-0.15, -0.1) is 0 Å². The van der Waals surface area contributed by atoms with Gasteiger partial charge in [0.1, 0.15) is 5.82 Å². The molecule has 1 atom stereocenters. The van der Waals surface area contributed by atoms with Crippen LogP contribution in [0.3, 0.4) is 0 Å². The summed E-state index contributed by atoms with van der Waals surface area (Å²) in [5, 5.41) is 3.23. The van der Waals surface area contributed by atoms with Crippen LogP contribution in [0.25, 0.3) is 0 Å². The highest BCUT2D eigenvalue weighted by Crippen LogP contribution is 2.22. The van der Waals surface area contributed by atoms with Gasteiger partial charge in [0.05, 0.1) is 17.9 Å². The number of hydrogen-bond donors (Lipinski definition) is 2. The molecule has 0 amide bonds. The lowest BCUT2D eigenvalue weighted by molar-refractivity contribution is 0.0527.